The second-order valence-corrected chi connectivity index (χ2v) is 5.49. The van der Waals surface area contributed by atoms with Crippen LogP contribution in [0.15, 0.2) is 23.1 Å². The predicted octanol–water partition coefficient (Wildman–Crippen LogP) is 0.0305. The highest BCUT2D eigenvalue weighted by atomic mass is 32.2. The summed E-state index contributed by atoms with van der Waals surface area (Å²) in [5.41, 5.74) is 6.41. The van der Waals surface area contributed by atoms with E-state index in [0.29, 0.717) is 11.4 Å². The van der Waals surface area contributed by atoms with E-state index in [1.807, 2.05) is 12.1 Å². The molecule has 0 amide bonds. The van der Waals surface area contributed by atoms with Gasteiger partial charge >= 0.3 is 0 Å². The van der Waals surface area contributed by atoms with Crippen LogP contribution in [-0.4, -0.2) is 28.6 Å². The fraction of sp³-hybridized carbons (Fsp3) is 0.273. The van der Waals surface area contributed by atoms with Crippen molar-refractivity contribution in [3.8, 4) is 12.1 Å². The summed E-state index contributed by atoms with van der Waals surface area (Å²) in [7, 11) is -2.30. The van der Waals surface area contributed by atoms with Gasteiger partial charge in [0.25, 0.3) is 0 Å². The lowest BCUT2D eigenvalue weighted by Gasteiger charge is -2.20. The maximum atomic E-state index is 11.7. The predicted molar refractivity (Wildman–Crippen MR) is 70.5 cm³/mol. The lowest BCUT2D eigenvalue weighted by atomic mass is 10.2. The van der Waals surface area contributed by atoms with Crippen LogP contribution in [0.3, 0.4) is 0 Å². The third-order valence-electron chi connectivity index (χ3n) is 2.44. The molecule has 7 nitrogen and oxygen atoms in total. The van der Waals surface area contributed by atoms with Gasteiger partial charge in [0.05, 0.1) is 28.4 Å². The van der Waals surface area contributed by atoms with Crippen molar-refractivity contribution in [2.24, 2.45) is 0 Å². The van der Waals surface area contributed by atoms with Gasteiger partial charge in [0.15, 0.2) is 0 Å². The Balaban J connectivity index is 3.32. The summed E-state index contributed by atoms with van der Waals surface area (Å²) in [4.78, 5) is 1.43. The van der Waals surface area contributed by atoms with E-state index in [2.05, 4.69) is 4.72 Å². The zero-order valence-corrected chi connectivity index (χ0v) is 11.1. The zero-order valence-electron chi connectivity index (χ0n) is 10.3. The Morgan fingerprint density at radius 1 is 1.32 bits per heavy atom. The van der Waals surface area contributed by atoms with Gasteiger partial charge in [-0.25, -0.2) is 13.1 Å². The van der Waals surface area contributed by atoms with Crippen molar-refractivity contribution in [3.63, 3.8) is 0 Å². The molecular formula is C11H13N5O2S. The Hall–Kier alpha value is -2.29. The van der Waals surface area contributed by atoms with Crippen molar-refractivity contribution in [2.75, 3.05) is 30.8 Å². The largest absolute Gasteiger partial charge is 0.397 e. The Bertz CT molecular complexity index is 626. The van der Waals surface area contributed by atoms with Crippen LogP contribution in [0.25, 0.3) is 0 Å². The van der Waals surface area contributed by atoms with Crippen molar-refractivity contribution in [2.45, 2.75) is 4.90 Å². The molecule has 1 aromatic rings. The SMILES string of the molecule is CNS(=O)(=O)c1ccc(N)c(N(CC#N)CC#N)c1. The molecule has 0 aromatic heterocycles. The van der Waals surface area contributed by atoms with Crippen LogP contribution < -0.4 is 15.4 Å². The molecule has 8 heteroatoms. The number of nitriles is 2. The van der Waals surface area contributed by atoms with Crippen LogP contribution >= 0.6 is 0 Å². The molecule has 0 bridgehead atoms. The Morgan fingerprint density at radius 3 is 2.37 bits per heavy atom. The summed E-state index contributed by atoms with van der Waals surface area (Å²) in [5, 5.41) is 17.4. The van der Waals surface area contributed by atoms with Crippen LogP contribution in [-0.2, 0) is 10.0 Å². The number of nitrogens with one attached hydrogen (secondary N) is 1. The molecule has 0 fully saturated rings. The average molecular weight is 279 g/mol. The summed E-state index contributed by atoms with van der Waals surface area (Å²) in [6, 6.07) is 7.95. The molecule has 19 heavy (non-hydrogen) atoms. The number of rotatable bonds is 5. The topological polar surface area (TPSA) is 123 Å². The first-order valence-electron chi connectivity index (χ1n) is 5.28. The smallest absolute Gasteiger partial charge is 0.240 e. The van der Waals surface area contributed by atoms with E-state index in [4.69, 9.17) is 16.3 Å². The maximum absolute atomic E-state index is 11.7. The highest BCUT2D eigenvalue weighted by Crippen LogP contribution is 2.26. The summed E-state index contributed by atoms with van der Waals surface area (Å²) in [6.45, 7) is -0.109. The second-order valence-electron chi connectivity index (χ2n) is 3.60. The monoisotopic (exact) mass is 279 g/mol. The number of nitrogens with two attached hydrogens (primary N) is 1. The van der Waals surface area contributed by atoms with Gasteiger partial charge in [-0.05, 0) is 25.2 Å². The van der Waals surface area contributed by atoms with Crippen LogP contribution in [0, 0.1) is 22.7 Å². The van der Waals surface area contributed by atoms with E-state index in [9.17, 15) is 8.42 Å². The molecule has 0 spiro atoms. The number of benzene rings is 1. The molecule has 0 aliphatic heterocycles. The van der Waals surface area contributed by atoms with E-state index in [1.54, 1.807) is 0 Å². The third-order valence-corrected chi connectivity index (χ3v) is 3.86. The normalized spacial score (nSPS) is 10.5. The summed E-state index contributed by atoms with van der Waals surface area (Å²) < 4.78 is 25.6. The van der Waals surface area contributed by atoms with Crippen LogP contribution in [0.4, 0.5) is 11.4 Å². The molecule has 0 aliphatic rings. The van der Waals surface area contributed by atoms with Gasteiger partial charge in [-0.15, -0.1) is 0 Å². The number of hydrogen-bond donors (Lipinski definition) is 2. The minimum Gasteiger partial charge on any atom is -0.397 e. The molecule has 1 rings (SSSR count). The quantitative estimate of drug-likeness (QED) is 0.579. The van der Waals surface area contributed by atoms with Crippen molar-refractivity contribution in [1.29, 1.82) is 10.5 Å². The maximum Gasteiger partial charge on any atom is 0.240 e. The Morgan fingerprint density at radius 2 is 1.89 bits per heavy atom. The molecular weight excluding hydrogens is 266 g/mol. The van der Waals surface area contributed by atoms with E-state index in [0.717, 1.165) is 0 Å². The van der Waals surface area contributed by atoms with Crippen LogP contribution in [0.2, 0.25) is 0 Å². The number of anilines is 2. The molecule has 0 atom stereocenters. The van der Waals surface area contributed by atoms with Gasteiger partial charge in [-0.3, -0.25) is 0 Å². The molecule has 0 heterocycles. The van der Waals surface area contributed by atoms with Gasteiger partial charge in [0, 0.05) is 0 Å². The van der Waals surface area contributed by atoms with Crippen molar-refractivity contribution in [3.05, 3.63) is 18.2 Å². The van der Waals surface area contributed by atoms with E-state index >= 15 is 0 Å². The average Bonchev–Trinajstić information content (AvgIpc) is 2.39. The molecule has 0 radical (unpaired) electrons. The van der Waals surface area contributed by atoms with Crippen molar-refractivity contribution < 1.29 is 8.42 Å². The Labute approximate surface area is 111 Å². The van der Waals surface area contributed by atoms with E-state index in [-0.39, 0.29) is 18.0 Å². The molecule has 100 valence electrons. The van der Waals surface area contributed by atoms with Crippen LogP contribution in [0.1, 0.15) is 0 Å². The lowest BCUT2D eigenvalue weighted by molar-refractivity contribution is 0.588. The molecule has 1 aromatic carbocycles. The fourth-order valence-electron chi connectivity index (χ4n) is 1.48. The molecule has 0 saturated heterocycles. The zero-order chi connectivity index (χ0) is 14.5. The summed E-state index contributed by atoms with van der Waals surface area (Å²) in [6.07, 6.45) is 0. The summed E-state index contributed by atoms with van der Waals surface area (Å²) in [5.74, 6) is 0. The molecule has 0 aliphatic carbocycles. The highest BCUT2D eigenvalue weighted by Gasteiger charge is 2.16. The second kappa shape index (κ2) is 6.05. The number of hydrogen-bond acceptors (Lipinski definition) is 6. The fourth-order valence-corrected chi connectivity index (χ4v) is 2.23. The minimum atomic E-state index is -3.60. The van der Waals surface area contributed by atoms with Gasteiger partial charge in [-0.2, -0.15) is 10.5 Å². The van der Waals surface area contributed by atoms with Crippen LogP contribution in [0.5, 0.6) is 0 Å². The van der Waals surface area contributed by atoms with E-state index in [1.165, 1.54) is 30.1 Å². The summed E-state index contributed by atoms with van der Waals surface area (Å²) >= 11 is 0. The van der Waals surface area contributed by atoms with E-state index < -0.39 is 10.0 Å². The van der Waals surface area contributed by atoms with Gasteiger partial charge in [-0.1, -0.05) is 0 Å². The third kappa shape index (κ3) is 3.35. The van der Waals surface area contributed by atoms with Gasteiger partial charge in [0.1, 0.15) is 13.1 Å². The van der Waals surface area contributed by atoms with Gasteiger partial charge in [0.2, 0.25) is 10.0 Å². The molecule has 3 N–H and O–H groups in total. The highest BCUT2D eigenvalue weighted by molar-refractivity contribution is 7.89. The minimum absolute atomic E-state index is 0.0279. The van der Waals surface area contributed by atoms with Crippen molar-refractivity contribution >= 4 is 21.4 Å². The van der Waals surface area contributed by atoms with Crippen molar-refractivity contribution in [1.82, 2.24) is 4.72 Å². The van der Waals surface area contributed by atoms with Gasteiger partial charge < -0.3 is 10.6 Å². The standard InChI is InChI=1S/C11H13N5O2S/c1-15-19(17,18)9-2-3-10(14)11(8-9)16(6-4-12)7-5-13/h2-3,8,15H,6-7,14H2,1H3. The first-order chi connectivity index (χ1) is 8.96. The number of nitrogens with zero attached hydrogens (tertiary/aromatic N) is 3. The number of nitrogen functional groups attached to an aromatic ring is 1. The first kappa shape index (κ1) is 14.8. The molecule has 0 saturated carbocycles. The molecule has 0 unspecified atom stereocenters. The first-order valence-corrected chi connectivity index (χ1v) is 6.76. The Kier molecular flexibility index (Phi) is 4.70. The lowest BCUT2D eigenvalue weighted by Crippen LogP contribution is -2.26. The number of sulfonamides is 1.